The molecule has 4 heteroatoms. The van der Waals surface area contributed by atoms with Crippen LogP contribution >= 0.6 is 0 Å². The summed E-state index contributed by atoms with van der Waals surface area (Å²) in [5.74, 6) is 0.259. The molecule has 1 rings (SSSR count). The van der Waals surface area contributed by atoms with Crippen LogP contribution in [0.15, 0.2) is 5.16 Å². The summed E-state index contributed by atoms with van der Waals surface area (Å²) in [6.45, 7) is 5.18. The quantitative estimate of drug-likeness (QED) is 0.288. The Morgan fingerprint density at radius 2 is 2.07 bits per heavy atom. The topological polar surface area (TPSA) is 70.6 Å². The van der Waals surface area contributed by atoms with Crippen molar-refractivity contribution in [1.82, 2.24) is 5.32 Å². The van der Waals surface area contributed by atoms with Crippen LogP contribution in [0.4, 0.5) is 0 Å². The molecule has 1 aliphatic carbocycles. The number of nitrogens with zero attached hydrogens (tertiary/aromatic N) is 1. The normalized spacial score (nSPS) is 23.7. The van der Waals surface area contributed by atoms with Crippen molar-refractivity contribution in [3.05, 3.63) is 0 Å². The molecule has 0 heterocycles. The van der Waals surface area contributed by atoms with Crippen LogP contribution in [0.1, 0.15) is 46.0 Å². The van der Waals surface area contributed by atoms with Gasteiger partial charge in [-0.1, -0.05) is 31.3 Å². The predicted octanol–water partition coefficient (Wildman–Crippen LogP) is 1.68. The highest BCUT2D eigenvalue weighted by Gasteiger charge is 2.27. The Morgan fingerprint density at radius 3 is 2.60 bits per heavy atom. The van der Waals surface area contributed by atoms with Gasteiger partial charge in [-0.2, -0.15) is 0 Å². The van der Waals surface area contributed by atoms with Gasteiger partial charge in [0.2, 0.25) is 0 Å². The van der Waals surface area contributed by atoms with E-state index in [2.05, 4.69) is 17.4 Å². The molecule has 0 bridgehead atoms. The summed E-state index contributed by atoms with van der Waals surface area (Å²) >= 11 is 0. The van der Waals surface area contributed by atoms with Crippen LogP contribution in [0.5, 0.6) is 0 Å². The first-order chi connectivity index (χ1) is 7.07. The van der Waals surface area contributed by atoms with Crippen LogP contribution in [-0.2, 0) is 0 Å². The van der Waals surface area contributed by atoms with E-state index in [1.165, 1.54) is 32.1 Å². The molecule has 0 amide bonds. The van der Waals surface area contributed by atoms with Crippen LogP contribution in [0.3, 0.4) is 0 Å². The van der Waals surface area contributed by atoms with Gasteiger partial charge in [0.1, 0.15) is 0 Å². The lowest BCUT2D eigenvalue weighted by Gasteiger charge is -2.34. The molecule has 4 nitrogen and oxygen atoms in total. The Hall–Kier alpha value is -0.770. The standard InChI is InChI=1S/C11H23N3O/c1-9(10(12)14-15)13-8-11(2)6-4-3-5-7-11/h9,13,15H,3-8H2,1-2H3,(H2,12,14). The maximum atomic E-state index is 8.53. The average molecular weight is 213 g/mol. The molecular formula is C11H23N3O. The van der Waals surface area contributed by atoms with Crippen molar-refractivity contribution in [2.75, 3.05) is 6.54 Å². The minimum atomic E-state index is -0.0475. The monoisotopic (exact) mass is 213 g/mol. The number of nitrogens with two attached hydrogens (primary N) is 1. The average Bonchev–Trinajstić information content (AvgIpc) is 2.26. The second-order valence-electron chi connectivity index (χ2n) is 5.00. The maximum Gasteiger partial charge on any atom is 0.156 e. The summed E-state index contributed by atoms with van der Waals surface area (Å²) in [4.78, 5) is 0. The van der Waals surface area contributed by atoms with E-state index in [1.807, 2.05) is 6.92 Å². The molecular weight excluding hydrogens is 190 g/mol. The predicted molar refractivity (Wildman–Crippen MR) is 62.1 cm³/mol. The van der Waals surface area contributed by atoms with Gasteiger partial charge in [0.15, 0.2) is 5.84 Å². The number of hydrogen-bond acceptors (Lipinski definition) is 3. The van der Waals surface area contributed by atoms with E-state index in [-0.39, 0.29) is 11.9 Å². The van der Waals surface area contributed by atoms with Crippen LogP contribution in [0.2, 0.25) is 0 Å². The van der Waals surface area contributed by atoms with Gasteiger partial charge >= 0.3 is 0 Å². The van der Waals surface area contributed by atoms with Crippen molar-refractivity contribution in [3.8, 4) is 0 Å². The molecule has 0 aromatic carbocycles. The SMILES string of the molecule is CC(NCC1(C)CCCCC1)C(N)=NO. The summed E-state index contributed by atoms with van der Waals surface area (Å²) in [6.07, 6.45) is 6.59. The third-order valence-corrected chi connectivity index (χ3v) is 3.45. The third kappa shape index (κ3) is 3.70. The Labute approximate surface area is 91.9 Å². The highest BCUT2D eigenvalue weighted by molar-refractivity contribution is 5.84. The van der Waals surface area contributed by atoms with E-state index in [0.717, 1.165) is 6.54 Å². The van der Waals surface area contributed by atoms with E-state index in [4.69, 9.17) is 10.9 Å². The van der Waals surface area contributed by atoms with Crippen molar-refractivity contribution in [3.63, 3.8) is 0 Å². The van der Waals surface area contributed by atoms with E-state index >= 15 is 0 Å². The summed E-state index contributed by atoms with van der Waals surface area (Å²) in [7, 11) is 0. The lowest BCUT2D eigenvalue weighted by molar-refractivity contribution is 0.206. The van der Waals surface area contributed by atoms with Crippen LogP contribution in [-0.4, -0.2) is 23.6 Å². The molecule has 1 unspecified atom stereocenters. The van der Waals surface area contributed by atoms with Crippen molar-refractivity contribution in [2.24, 2.45) is 16.3 Å². The van der Waals surface area contributed by atoms with Gasteiger partial charge < -0.3 is 16.3 Å². The number of hydrogen-bond donors (Lipinski definition) is 3. The van der Waals surface area contributed by atoms with Crippen LogP contribution < -0.4 is 11.1 Å². The van der Waals surface area contributed by atoms with Gasteiger partial charge in [0.05, 0.1) is 6.04 Å². The molecule has 4 N–H and O–H groups in total. The minimum Gasteiger partial charge on any atom is -0.409 e. The lowest BCUT2D eigenvalue weighted by atomic mass is 9.75. The molecule has 0 radical (unpaired) electrons. The van der Waals surface area contributed by atoms with Crippen molar-refractivity contribution in [2.45, 2.75) is 52.0 Å². The molecule has 1 aliphatic rings. The number of rotatable bonds is 4. The number of amidine groups is 1. The molecule has 0 aromatic heterocycles. The van der Waals surface area contributed by atoms with Gasteiger partial charge in [-0.3, -0.25) is 0 Å². The van der Waals surface area contributed by atoms with Crippen LogP contribution in [0.25, 0.3) is 0 Å². The Balaban J connectivity index is 2.35. The first kappa shape index (κ1) is 12.3. The van der Waals surface area contributed by atoms with Crippen molar-refractivity contribution >= 4 is 5.84 Å². The Bertz CT molecular complexity index is 222. The van der Waals surface area contributed by atoms with Gasteiger partial charge in [-0.25, -0.2) is 0 Å². The maximum absolute atomic E-state index is 8.53. The first-order valence-corrected chi connectivity index (χ1v) is 5.78. The molecule has 1 fully saturated rings. The van der Waals surface area contributed by atoms with E-state index in [1.54, 1.807) is 0 Å². The van der Waals surface area contributed by atoms with Gasteiger partial charge in [0, 0.05) is 6.54 Å². The van der Waals surface area contributed by atoms with Gasteiger partial charge in [-0.05, 0) is 25.2 Å². The van der Waals surface area contributed by atoms with Crippen molar-refractivity contribution in [1.29, 1.82) is 0 Å². The highest BCUT2D eigenvalue weighted by Crippen LogP contribution is 2.34. The molecule has 0 aromatic rings. The molecule has 0 spiro atoms. The Kier molecular flexibility index (Phi) is 4.39. The molecule has 1 atom stereocenters. The Morgan fingerprint density at radius 1 is 1.47 bits per heavy atom. The third-order valence-electron chi connectivity index (χ3n) is 3.45. The van der Waals surface area contributed by atoms with E-state index in [9.17, 15) is 0 Å². The summed E-state index contributed by atoms with van der Waals surface area (Å²) in [5, 5.41) is 14.9. The summed E-state index contributed by atoms with van der Waals surface area (Å²) in [6, 6.07) is -0.0475. The molecule has 1 saturated carbocycles. The smallest absolute Gasteiger partial charge is 0.156 e. The second kappa shape index (κ2) is 5.35. The summed E-state index contributed by atoms with van der Waals surface area (Å²) in [5.41, 5.74) is 5.90. The molecule has 0 aliphatic heterocycles. The number of nitrogens with one attached hydrogen (secondary N) is 1. The van der Waals surface area contributed by atoms with Crippen molar-refractivity contribution < 1.29 is 5.21 Å². The van der Waals surface area contributed by atoms with Gasteiger partial charge in [-0.15, -0.1) is 0 Å². The molecule has 15 heavy (non-hydrogen) atoms. The largest absolute Gasteiger partial charge is 0.409 e. The van der Waals surface area contributed by atoms with Gasteiger partial charge in [0.25, 0.3) is 0 Å². The zero-order valence-corrected chi connectivity index (χ0v) is 9.79. The fourth-order valence-electron chi connectivity index (χ4n) is 2.17. The fourth-order valence-corrected chi connectivity index (χ4v) is 2.17. The second-order valence-corrected chi connectivity index (χ2v) is 5.00. The lowest BCUT2D eigenvalue weighted by Crippen LogP contribution is -2.44. The molecule has 0 saturated heterocycles. The zero-order chi connectivity index (χ0) is 11.3. The number of oxime groups is 1. The minimum absolute atomic E-state index is 0.0475. The highest BCUT2D eigenvalue weighted by atomic mass is 16.4. The molecule has 88 valence electrons. The first-order valence-electron chi connectivity index (χ1n) is 5.78. The zero-order valence-electron chi connectivity index (χ0n) is 9.79. The van der Waals surface area contributed by atoms with E-state index < -0.39 is 0 Å². The summed E-state index contributed by atoms with van der Waals surface area (Å²) < 4.78 is 0. The fraction of sp³-hybridized carbons (Fsp3) is 0.909. The van der Waals surface area contributed by atoms with Crippen LogP contribution in [0, 0.1) is 5.41 Å². The van der Waals surface area contributed by atoms with E-state index in [0.29, 0.717) is 5.41 Å².